The summed E-state index contributed by atoms with van der Waals surface area (Å²) in [6, 6.07) is 7.04. The van der Waals surface area contributed by atoms with E-state index in [9.17, 15) is 0 Å². The van der Waals surface area contributed by atoms with Crippen LogP contribution in [0.4, 0.5) is 5.69 Å². The van der Waals surface area contributed by atoms with E-state index in [0.717, 1.165) is 0 Å². The Balaban J connectivity index is 2.10. The minimum atomic E-state index is 0.365. The molecule has 2 nitrogen and oxygen atoms in total. The lowest BCUT2D eigenvalue weighted by Crippen LogP contribution is -2.37. The predicted octanol–water partition coefficient (Wildman–Crippen LogP) is 3.67. The fourth-order valence-electron chi connectivity index (χ4n) is 2.64. The molecular formula is C15H23NO. The highest BCUT2D eigenvalue weighted by Crippen LogP contribution is 2.26. The number of aryl methyl sites for hydroxylation is 2. The maximum Gasteiger partial charge on any atom is 0.0772 e. The van der Waals surface area contributed by atoms with E-state index in [2.05, 4.69) is 37.4 Å². The van der Waals surface area contributed by atoms with E-state index in [1.54, 1.807) is 0 Å². The fourth-order valence-corrected chi connectivity index (χ4v) is 2.64. The number of nitrogens with one attached hydrogen (secondary N) is 1. The predicted molar refractivity (Wildman–Crippen MR) is 72.6 cm³/mol. The molecule has 0 amide bonds. The van der Waals surface area contributed by atoms with Crippen molar-refractivity contribution in [3.63, 3.8) is 0 Å². The van der Waals surface area contributed by atoms with Crippen LogP contribution in [0.25, 0.3) is 0 Å². The van der Waals surface area contributed by atoms with Crippen molar-refractivity contribution in [1.82, 2.24) is 0 Å². The smallest absolute Gasteiger partial charge is 0.0772 e. The molecule has 1 aromatic carbocycles. The molecule has 1 fully saturated rings. The number of benzene rings is 1. The van der Waals surface area contributed by atoms with Gasteiger partial charge in [-0.25, -0.2) is 0 Å². The normalized spacial score (nSPS) is 24.6. The minimum Gasteiger partial charge on any atom is -0.379 e. The Kier molecular flexibility index (Phi) is 4.06. The molecule has 0 radical (unpaired) electrons. The van der Waals surface area contributed by atoms with Gasteiger partial charge in [0.25, 0.3) is 0 Å². The van der Waals surface area contributed by atoms with E-state index in [-0.39, 0.29) is 0 Å². The molecule has 17 heavy (non-hydrogen) atoms. The van der Waals surface area contributed by atoms with Crippen LogP contribution in [0.2, 0.25) is 0 Å². The van der Waals surface area contributed by atoms with Crippen LogP contribution in [0.1, 0.15) is 36.8 Å². The van der Waals surface area contributed by atoms with Gasteiger partial charge in [-0.15, -0.1) is 0 Å². The van der Waals surface area contributed by atoms with E-state index in [4.69, 9.17) is 4.74 Å². The molecule has 1 aliphatic rings. The Bertz CT molecular complexity index is 375. The topological polar surface area (TPSA) is 21.3 Å². The number of ether oxygens (including phenoxy) is 1. The second-order valence-corrected chi connectivity index (χ2v) is 5.13. The molecule has 0 heterocycles. The molecule has 1 aliphatic carbocycles. The maximum atomic E-state index is 5.58. The molecule has 0 saturated heterocycles. The molecular weight excluding hydrogens is 210 g/mol. The Labute approximate surface area is 104 Å². The van der Waals surface area contributed by atoms with Crippen LogP contribution in [0.15, 0.2) is 18.2 Å². The summed E-state index contributed by atoms with van der Waals surface area (Å²) in [5, 5.41) is 3.67. The molecule has 1 aromatic rings. The van der Waals surface area contributed by atoms with Crippen LogP contribution in [0.5, 0.6) is 0 Å². The van der Waals surface area contributed by atoms with Gasteiger partial charge in [-0.3, -0.25) is 0 Å². The van der Waals surface area contributed by atoms with Gasteiger partial charge in [-0.2, -0.15) is 0 Å². The first kappa shape index (κ1) is 12.4. The molecule has 0 spiro atoms. The van der Waals surface area contributed by atoms with Crippen LogP contribution in [0.3, 0.4) is 0 Å². The van der Waals surface area contributed by atoms with Crippen molar-refractivity contribution in [1.29, 1.82) is 0 Å². The monoisotopic (exact) mass is 233 g/mol. The first-order valence-corrected chi connectivity index (χ1v) is 6.57. The molecule has 94 valence electrons. The lowest BCUT2D eigenvalue weighted by molar-refractivity contribution is 0.0606. The largest absolute Gasteiger partial charge is 0.379 e. The Morgan fingerprint density at radius 2 is 1.94 bits per heavy atom. The number of hydrogen-bond acceptors (Lipinski definition) is 2. The molecule has 2 heteroatoms. The zero-order valence-electron chi connectivity index (χ0n) is 11.1. The maximum absolute atomic E-state index is 5.58. The quantitative estimate of drug-likeness (QED) is 0.860. The molecule has 0 bridgehead atoms. The summed E-state index contributed by atoms with van der Waals surface area (Å²) in [7, 11) is 1.83. The van der Waals surface area contributed by atoms with Crippen LogP contribution in [-0.2, 0) is 4.74 Å². The van der Waals surface area contributed by atoms with E-state index in [1.807, 2.05) is 7.11 Å². The zero-order valence-corrected chi connectivity index (χ0v) is 11.1. The highest BCUT2D eigenvalue weighted by atomic mass is 16.5. The van der Waals surface area contributed by atoms with Crippen LogP contribution >= 0.6 is 0 Å². The van der Waals surface area contributed by atoms with Gasteiger partial charge in [0.15, 0.2) is 0 Å². The summed E-state index contributed by atoms with van der Waals surface area (Å²) >= 11 is 0. The molecule has 0 aromatic heterocycles. The summed E-state index contributed by atoms with van der Waals surface area (Å²) in [6.07, 6.45) is 5.36. The lowest BCUT2D eigenvalue weighted by Gasteiger charge is -2.32. The summed E-state index contributed by atoms with van der Waals surface area (Å²) in [5.74, 6) is 0. The van der Waals surface area contributed by atoms with Crippen LogP contribution < -0.4 is 5.32 Å². The average Bonchev–Trinajstić information content (AvgIpc) is 2.34. The van der Waals surface area contributed by atoms with Crippen molar-refractivity contribution in [2.75, 3.05) is 12.4 Å². The summed E-state index contributed by atoms with van der Waals surface area (Å²) < 4.78 is 5.58. The van der Waals surface area contributed by atoms with E-state index >= 15 is 0 Å². The summed E-state index contributed by atoms with van der Waals surface area (Å²) in [6.45, 7) is 4.30. The third kappa shape index (κ3) is 3.01. The number of methoxy groups -OCH3 is 1. The van der Waals surface area contributed by atoms with Crippen molar-refractivity contribution in [3.8, 4) is 0 Å². The second kappa shape index (κ2) is 5.54. The van der Waals surface area contributed by atoms with Gasteiger partial charge in [0.2, 0.25) is 0 Å². The lowest BCUT2D eigenvalue weighted by atomic mass is 9.92. The number of hydrogen-bond donors (Lipinski definition) is 1. The van der Waals surface area contributed by atoms with Crippen molar-refractivity contribution < 1.29 is 4.74 Å². The third-order valence-electron chi connectivity index (χ3n) is 3.74. The van der Waals surface area contributed by atoms with E-state index in [0.29, 0.717) is 12.1 Å². The van der Waals surface area contributed by atoms with Crippen LogP contribution in [0, 0.1) is 13.8 Å². The van der Waals surface area contributed by atoms with Gasteiger partial charge in [0.05, 0.1) is 12.1 Å². The highest BCUT2D eigenvalue weighted by Gasteiger charge is 2.24. The molecule has 2 atom stereocenters. The summed E-state index contributed by atoms with van der Waals surface area (Å²) in [5.41, 5.74) is 3.89. The zero-order chi connectivity index (χ0) is 12.3. The van der Waals surface area contributed by atoms with Gasteiger partial charge in [-0.05, 0) is 43.9 Å². The first-order valence-electron chi connectivity index (χ1n) is 6.57. The van der Waals surface area contributed by atoms with Gasteiger partial charge in [-0.1, -0.05) is 25.0 Å². The third-order valence-corrected chi connectivity index (χ3v) is 3.74. The average molecular weight is 233 g/mol. The molecule has 1 saturated carbocycles. The minimum absolute atomic E-state index is 0.365. The van der Waals surface area contributed by atoms with E-state index in [1.165, 1.54) is 42.5 Å². The van der Waals surface area contributed by atoms with Crippen molar-refractivity contribution in [2.45, 2.75) is 51.7 Å². The Morgan fingerprint density at radius 3 is 2.71 bits per heavy atom. The molecule has 2 rings (SSSR count). The summed E-state index contributed by atoms with van der Waals surface area (Å²) in [4.78, 5) is 0. The van der Waals surface area contributed by atoms with Gasteiger partial charge in [0, 0.05) is 12.8 Å². The van der Waals surface area contributed by atoms with Crippen molar-refractivity contribution >= 4 is 5.69 Å². The molecule has 1 N–H and O–H groups in total. The number of anilines is 1. The standard InChI is InChI=1S/C15H23NO/c1-11-8-9-12(2)14(10-11)16-13-6-4-5-7-15(13)17-3/h8-10,13,15-16H,4-7H2,1-3H3/t13-,15-/m0/s1. The first-order chi connectivity index (χ1) is 8.20. The SMILES string of the molecule is CO[C@H]1CCCC[C@@H]1Nc1cc(C)ccc1C. The molecule has 0 unspecified atom stereocenters. The van der Waals surface area contributed by atoms with Gasteiger partial charge in [0.1, 0.15) is 0 Å². The van der Waals surface area contributed by atoms with Crippen molar-refractivity contribution in [3.05, 3.63) is 29.3 Å². The molecule has 0 aliphatic heterocycles. The van der Waals surface area contributed by atoms with E-state index < -0.39 is 0 Å². The number of rotatable bonds is 3. The Hall–Kier alpha value is -1.02. The second-order valence-electron chi connectivity index (χ2n) is 5.13. The Morgan fingerprint density at radius 1 is 1.18 bits per heavy atom. The fraction of sp³-hybridized carbons (Fsp3) is 0.600. The van der Waals surface area contributed by atoms with Gasteiger partial charge < -0.3 is 10.1 Å². The highest BCUT2D eigenvalue weighted by molar-refractivity contribution is 5.53. The van der Waals surface area contributed by atoms with Crippen LogP contribution in [-0.4, -0.2) is 19.3 Å². The van der Waals surface area contributed by atoms with Gasteiger partial charge >= 0.3 is 0 Å². The van der Waals surface area contributed by atoms with Crippen molar-refractivity contribution in [2.24, 2.45) is 0 Å².